The Hall–Kier alpha value is 0. The van der Waals surface area contributed by atoms with Crippen molar-refractivity contribution in [3.05, 3.63) is 0 Å². The SMILES string of the molecule is CC.CC.CCC1C2CCC(C2)C1CC. The van der Waals surface area contributed by atoms with Crippen molar-refractivity contribution in [1.29, 1.82) is 0 Å². The molecule has 0 heteroatoms. The molecule has 4 unspecified atom stereocenters. The first kappa shape index (κ1) is 15.0. The third kappa shape index (κ3) is 3.23. The van der Waals surface area contributed by atoms with Crippen molar-refractivity contribution in [3.8, 4) is 0 Å². The van der Waals surface area contributed by atoms with Crippen molar-refractivity contribution in [2.45, 2.75) is 73.6 Å². The highest BCUT2D eigenvalue weighted by Gasteiger charge is 2.45. The third-order valence-corrected chi connectivity index (χ3v) is 4.22. The van der Waals surface area contributed by atoms with Gasteiger partial charge in [-0.25, -0.2) is 0 Å². The lowest BCUT2D eigenvalue weighted by molar-refractivity contribution is 0.209. The molecule has 0 aromatic heterocycles. The van der Waals surface area contributed by atoms with E-state index < -0.39 is 0 Å². The van der Waals surface area contributed by atoms with Crippen LogP contribution in [0.4, 0.5) is 0 Å². The molecule has 4 atom stereocenters. The summed E-state index contributed by atoms with van der Waals surface area (Å²) in [6, 6.07) is 0. The molecule has 0 radical (unpaired) electrons. The molecule has 2 aliphatic carbocycles. The highest BCUT2D eigenvalue weighted by Crippen LogP contribution is 2.54. The van der Waals surface area contributed by atoms with E-state index in [1.807, 2.05) is 27.7 Å². The van der Waals surface area contributed by atoms with Gasteiger partial charge in [0.05, 0.1) is 0 Å². The molecule has 0 aromatic carbocycles. The molecule has 2 saturated carbocycles. The minimum atomic E-state index is 1.11. The largest absolute Gasteiger partial charge is 0.0683 e. The molecule has 2 aliphatic rings. The smallest absolute Gasteiger partial charge is 0.0357 e. The lowest BCUT2D eigenvalue weighted by atomic mass is 9.77. The van der Waals surface area contributed by atoms with E-state index in [1.165, 1.54) is 12.8 Å². The first-order valence-electron chi connectivity index (χ1n) is 7.36. The van der Waals surface area contributed by atoms with Crippen LogP contribution in [0.25, 0.3) is 0 Å². The van der Waals surface area contributed by atoms with Gasteiger partial charge >= 0.3 is 0 Å². The van der Waals surface area contributed by atoms with Crippen LogP contribution in [0.2, 0.25) is 0 Å². The number of fused-ring (bicyclic) bond motifs is 2. The fourth-order valence-electron chi connectivity index (χ4n) is 3.80. The van der Waals surface area contributed by atoms with E-state index in [2.05, 4.69) is 13.8 Å². The second kappa shape index (κ2) is 8.19. The maximum absolute atomic E-state index is 2.38. The molecular formula is C15H32. The quantitative estimate of drug-likeness (QED) is 0.565. The maximum Gasteiger partial charge on any atom is -0.0357 e. The molecule has 92 valence electrons. The molecule has 15 heavy (non-hydrogen) atoms. The predicted molar refractivity (Wildman–Crippen MR) is 71.1 cm³/mol. The Bertz CT molecular complexity index is 123. The first-order valence-corrected chi connectivity index (χ1v) is 7.36. The van der Waals surface area contributed by atoms with E-state index >= 15 is 0 Å². The zero-order valence-electron chi connectivity index (χ0n) is 11.8. The summed E-state index contributed by atoms with van der Waals surface area (Å²) in [5.41, 5.74) is 0. The predicted octanol–water partition coefficient (Wildman–Crippen LogP) is 5.52. The summed E-state index contributed by atoms with van der Waals surface area (Å²) in [7, 11) is 0. The van der Waals surface area contributed by atoms with Crippen molar-refractivity contribution >= 4 is 0 Å². The number of hydrogen-bond acceptors (Lipinski definition) is 0. The Labute approximate surface area is 97.8 Å². The Kier molecular flexibility index (Phi) is 8.19. The van der Waals surface area contributed by atoms with Crippen molar-refractivity contribution in [2.24, 2.45) is 23.7 Å². The van der Waals surface area contributed by atoms with Crippen LogP contribution in [0.15, 0.2) is 0 Å². The second-order valence-electron chi connectivity index (χ2n) is 4.48. The number of rotatable bonds is 2. The first-order chi connectivity index (χ1) is 7.36. The molecule has 0 aromatic rings. The van der Waals surface area contributed by atoms with Gasteiger partial charge in [-0.05, 0) is 42.9 Å². The third-order valence-electron chi connectivity index (χ3n) is 4.22. The van der Waals surface area contributed by atoms with Gasteiger partial charge in [-0.2, -0.15) is 0 Å². The van der Waals surface area contributed by atoms with Crippen LogP contribution < -0.4 is 0 Å². The molecule has 0 amide bonds. The Morgan fingerprint density at radius 3 is 1.33 bits per heavy atom. The molecule has 0 saturated heterocycles. The van der Waals surface area contributed by atoms with E-state index in [-0.39, 0.29) is 0 Å². The summed E-state index contributed by atoms with van der Waals surface area (Å²) in [4.78, 5) is 0. The average Bonchev–Trinajstić information content (AvgIpc) is 2.93. The van der Waals surface area contributed by atoms with Crippen LogP contribution in [-0.4, -0.2) is 0 Å². The lowest BCUT2D eigenvalue weighted by Gasteiger charge is -2.29. The van der Waals surface area contributed by atoms with Gasteiger partial charge in [0.15, 0.2) is 0 Å². The minimum absolute atomic E-state index is 1.11. The molecule has 0 nitrogen and oxygen atoms in total. The fourth-order valence-corrected chi connectivity index (χ4v) is 3.80. The van der Waals surface area contributed by atoms with Crippen LogP contribution in [0.1, 0.15) is 73.6 Å². The highest BCUT2D eigenvalue weighted by atomic mass is 14.5. The van der Waals surface area contributed by atoms with Gasteiger partial charge in [0, 0.05) is 0 Å². The summed E-state index contributed by atoms with van der Waals surface area (Å²) in [6.45, 7) is 12.8. The second-order valence-corrected chi connectivity index (χ2v) is 4.48. The standard InChI is InChI=1S/C11H20.2C2H6/c1-3-10-8-5-6-9(7-8)11(10)4-2;2*1-2/h8-11H,3-7H2,1-2H3;2*1-2H3. The maximum atomic E-state index is 2.38. The van der Waals surface area contributed by atoms with Gasteiger partial charge in [-0.3, -0.25) is 0 Å². The van der Waals surface area contributed by atoms with Gasteiger partial charge in [-0.1, -0.05) is 54.4 Å². The van der Waals surface area contributed by atoms with Crippen molar-refractivity contribution in [3.63, 3.8) is 0 Å². The van der Waals surface area contributed by atoms with Crippen molar-refractivity contribution in [2.75, 3.05) is 0 Å². The average molecular weight is 212 g/mol. The normalized spacial score (nSPS) is 36.4. The molecule has 0 heterocycles. The van der Waals surface area contributed by atoms with E-state index in [9.17, 15) is 0 Å². The van der Waals surface area contributed by atoms with Crippen molar-refractivity contribution < 1.29 is 0 Å². The molecule has 0 aliphatic heterocycles. The molecule has 0 spiro atoms. The summed E-state index contributed by atoms with van der Waals surface area (Å²) >= 11 is 0. The minimum Gasteiger partial charge on any atom is -0.0683 e. The Balaban J connectivity index is 0.000000442. The highest BCUT2D eigenvalue weighted by molar-refractivity contribution is 4.94. The van der Waals surface area contributed by atoms with Gasteiger partial charge in [0.2, 0.25) is 0 Å². The van der Waals surface area contributed by atoms with Gasteiger partial charge < -0.3 is 0 Å². The van der Waals surface area contributed by atoms with Gasteiger partial charge in [0.25, 0.3) is 0 Å². The fraction of sp³-hybridized carbons (Fsp3) is 1.00. The summed E-state index contributed by atoms with van der Waals surface area (Å²) in [5, 5.41) is 0. The van der Waals surface area contributed by atoms with Crippen molar-refractivity contribution in [1.82, 2.24) is 0 Å². The van der Waals surface area contributed by atoms with E-state index in [0.29, 0.717) is 0 Å². The zero-order chi connectivity index (χ0) is 11.8. The van der Waals surface area contributed by atoms with E-state index in [4.69, 9.17) is 0 Å². The Morgan fingerprint density at radius 1 is 0.733 bits per heavy atom. The lowest BCUT2D eigenvalue weighted by Crippen LogP contribution is -2.20. The van der Waals surface area contributed by atoms with Gasteiger partial charge in [-0.15, -0.1) is 0 Å². The zero-order valence-corrected chi connectivity index (χ0v) is 11.8. The van der Waals surface area contributed by atoms with E-state index in [1.54, 1.807) is 19.3 Å². The topological polar surface area (TPSA) is 0 Å². The summed E-state index contributed by atoms with van der Waals surface area (Å²) < 4.78 is 0. The van der Waals surface area contributed by atoms with Crippen LogP contribution >= 0.6 is 0 Å². The van der Waals surface area contributed by atoms with Crippen LogP contribution in [0, 0.1) is 23.7 Å². The van der Waals surface area contributed by atoms with Gasteiger partial charge in [0.1, 0.15) is 0 Å². The molecule has 2 bridgehead atoms. The van der Waals surface area contributed by atoms with Crippen LogP contribution in [-0.2, 0) is 0 Å². The van der Waals surface area contributed by atoms with Crippen LogP contribution in [0.5, 0.6) is 0 Å². The van der Waals surface area contributed by atoms with E-state index in [0.717, 1.165) is 23.7 Å². The summed E-state index contributed by atoms with van der Waals surface area (Å²) in [5.74, 6) is 4.49. The molecule has 0 N–H and O–H groups in total. The molecule has 2 fully saturated rings. The van der Waals surface area contributed by atoms with Crippen LogP contribution in [0.3, 0.4) is 0 Å². The Morgan fingerprint density at radius 2 is 1.07 bits per heavy atom. The summed E-state index contributed by atoms with van der Waals surface area (Å²) in [6.07, 6.45) is 7.58. The molecular weight excluding hydrogens is 180 g/mol. The molecule has 2 rings (SSSR count). The number of hydrogen-bond donors (Lipinski definition) is 0. The monoisotopic (exact) mass is 212 g/mol.